The lowest BCUT2D eigenvalue weighted by Crippen LogP contribution is -2.45. The molecule has 0 rings (SSSR count). The van der Waals surface area contributed by atoms with Crippen LogP contribution in [0.1, 0.15) is 367 Å². The largest absolute Gasteiger partial charge is 0.466 e. The third kappa shape index (κ3) is 62.9. The molecule has 0 heterocycles. The van der Waals surface area contributed by atoms with E-state index in [0.29, 0.717) is 19.4 Å². The summed E-state index contributed by atoms with van der Waals surface area (Å²) < 4.78 is 5.47. The molecule has 0 saturated heterocycles. The molecule has 0 radical (unpaired) electrons. The number of esters is 1. The summed E-state index contributed by atoms with van der Waals surface area (Å²) in [5.74, 6) is -0.0728. The molecule has 2 atom stereocenters. The summed E-state index contributed by atoms with van der Waals surface area (Å²) in [5, 5.41) is 23.3. The molecule has 1 amide bonds. The van der Waals surface area contributed by atoms with Gasteiger partial charge in [0.15, 0.2) is 0 Å². The normalized spacial score (nSPS) is 12.8. The second-order valence-corrected chi connectivity index (χ2v) is 23.5. The molecule has 0 aliphatic carbocycles. The number of carbonyl (C=O) groups is 2. The van der Waals surface area contributed by atoms with Gasteiger partial charge in [-0.1, -0.05) is 319 Å². The number of rotatable bonds is 64. The summed E-state index contributed by atoms with van der Waals surface area (Å²) in [6.45, 7) is 4.86. The zero-order valence-corrected chi connectivity index (χ0v) is 51.7. The Balaban J connectivity index is 3.44. The van der Waals surface area contributed by atoms with E-state index >= 15 is 0 Å². The molecule has 0 spiro atoms. The van der Waals surface area contributed by atoms with Crippen molar-refractivity contribution in [1.82, 2.24) is 5.32 Å². The highest BCUT2D eigenvalue weighted by Gasteiger charge is 2.18. The Bertz CT molecular complexity index is 1290. The first kappa shape index (κ1) is 74.8. The minimum atomic E-state index is -0.850. The highest BCUT2D eigenvalue weighted by molar-refractivity contribution is 5.76. The van der Waals surface area contributed by atoms with Crippen molar-refractivity contribution in [3.63, 3.8) is 0 Å². The maximum absolute atomic E-state index is 12.5. The molecule has 0 aromatic carbocycles. The van der Waals surface area contributed by atoms with Gasteiger partial charge in [-0.05, 0) is 83.5 Å². The van der Waals surface area contributed by atoms with Crippen LogP contribution in [-0.4, -0.2) is 47.4 Å². The number of unbranched alkanes of at least 4 members (excludes halogenated alkanes) is 47. The molecule has 0 aliphatic rings. The number of nitrogens with one attached hydrogen (secondary N) is 1. The first-order valence-corrected chi connectivity index (χ1v) is 34.4. The van der Waals surface area contributed by atoms with Gasteiger partial charge in [0.05, 0.1) is 25.4 Å². The van der Waals surface area contributed by atoms with E-state index in [-0.39, 0.29) is 18.5 Å². The highest BCUT2D eigenvalue weighted by Crippen LogP contribution is 2.18. The van der Waals surface area contributed by atoms with Crippen LogP contribution in [0.4, 0.5) is 0 Å². The number of hydrogen-bond acceptors (Lipinski definition) is 5. The number of amides is 1. The van der Waals surface area contributed by atoms with Gasteiger partial charge < -0.3 is 20.3 Å². The third-order valence-corrected chi connectivity index (χ3v) is 15.8. The van der Waals surface area contributed by atoms with E-state index in [9.17, 15) is 19.8 Å². The first-order chi connectivity index (χ1) is 38.0. The van der Waals surface area contributed by atoms with Crippen LogP contribution < -0.4 is 5.32 Å². The summed E-state index contributed by atoms with van der Waals surface area (Å²) in [7, 11) is 0. The molecule has 0 aromatic rings. The lowest BCUT2D eigenvalue weighted by atomic mass is 10.0. The lowest BCUT2D eigenvalue weighted by Gasteiger charge is -2.20. The van der Waals surface area contributed by atoms with Crippen molar-refractivity contribution in [3.8, 4) is 0 Å². The molecule has 0 aliphatic heterocycles. The van der Waals surface area contributed by atoms with Gasteiger partial charge in [0, 0.05) is 12.8 Å². The zero-order chi connectivity index (χ0) is 55.7. The number of hydrogen-bond donors (Lipinski definition) is 3. The van der Waals surface area contributed by atoms with Crippen molar-refractivity contribution in [3.05, 3.63) is 48.6 Å². The van der Waals surface area contributed by atoms with Crippen LogP contribution in [0.5, 0.6) is 0 Å². The molecule has 77 heavy (non-hydrogen) atoms. The fourth-order valence-electron chi connectivity index (χ4n) is 10.6. The first-order valence-electron chi connectivity index (χ1n) is 34.4. The Morgan fingerprint density at radius 2 is 0.675 bits per heavy atom. The van der Waals surface area contributed by atoms with Crippen LogP contribution in [0, 0.1) is 0 Å². The molecule has 6 nitrogen and oxygen atoms in total. The second-order valence-electron chi connectivity index (χ2n) is 23.5. The predicted octanol–water partition coefficient (Wildman–Crippen LogP) is 22.1. The maximum atomic E-state index is 12.5. The van der Waals surface area contributed by atoms with E-state index in [0.717, 1.165) is 51.4 Å². The van der Waals surface area contributed by atoms with E-state index in [1.54, 1.807) is 6.08 Å². The van der Waals surface area contributed by atoms with E-state index in [4.69, 9.17) is 4.74 Å². The van der Waals surface area contributed by atoms with Gasteiger partial charge in [0.25, 0.3) is 0 Å². The average molecular weight is 1080 g/mol. The minimum Gasteiger partial charge on any atom is -0.466 e. The number of aliphatic hydroxyl groups excluding tert-OH is 2. The molecule has 2 unspecified atom stereocenters. The van der Waals surface area contributed by atoms with E-state index in [2.05, 4.69) is 55.6 Å². The predicted molar refractivity (Wildman–Crippen MR) is 338 cm³/mol. The van der Waals surface area contributed by atoms with Gasteiger partial charge >= 0.3 is 5.97 Å². The van der Waals surface area contributed by atoms with Crippen molar-refractivity contribution in [2.75, 3.05) is 13.2 Å². The molecule has 0 fully saturated rings. The Morgan fingerprint density at radius 1 is 0.364 bits per heavy atom. The molecule has 6 heteroatoms. The van der Waals surface area contributed by atoms with Gasteiger partial charge in [-0.2, -0.15) is 0 Å². The SMILES string of the molecule is CCC/C=C\C/C=C\CCCCCCCC(=O)OCCCCCCCCCCCCCC/C=C\CCCCCCCCCCC(=O)NC(CO)C(O)/C=C/CCCCCCCCCCCCCCCCCCCCCCC. The zero-order valence-electron chi connectivity index (χ0n) is 51.7. The van der Waals surface area contributed by atoms with Crippen LogP contribution in [0.15, 0.2) is 48.6 Å². The van der Waals surface area contributed by atoms with E-state index in [1.165, 1.54) is 289 Å². The maximum Gasteiger partial charge on any atom is 0.305 e. The smallest absolute Gasteiger partial charge is 0.305 e. The summed E-state index contributed by atoms with van der Waals surface area (Å²) in [6.07, 6.45) is 86.1. The fraction of sp³-hybridized carbons (Fsp3) is 0.859. The highest BCUT2D eigenvalue weighted by atomic mass is 16.5. The van der Waals surface area contributed by atoms with Crippen molar-refractivity contribution >= 4 is 11.9 Å². The molecule has 3 N–H and O–H groups in total. The number of carbonyl (C=O) groups excluding carboxylic acids is 2. The van der Waals surface area contributed by atoms with Gasteiger partial charge in [-0.15, -0.1) is 0 Å². The van der Waals surface area contributed by atoms with Crippen molar-refractivity contribution in [2.45, 2.75) is 379 Å². The summed E-state index contributed by atoms with van der Waals surface area (Å²) >= 11 is 0. The number of allylic oxidation sites excluding steroid dienone is 7. The topological polar surface area (TPSA) is 95.9 Å². The Hall–Kier alpha value is -2.18. The molecule has 452 valence electrons. The molecular weight excluding hydrogens is 947 g/mol. The molecular formula is C71H133NO5. The summed E-state index contributed by atoms with van der Waals surface area (Å²) in [6, 6.07) is -0.633. The van der Waals surface area contributed by atoms with Crippen LogP contribution in [0.3, 0.4) is 0 Å². The van der Waals surface area contributed by atoms with Gasteiger partial charge in [-0.3, -0.25) is 9.59 Å². The molecule has 0 bridgehead atoms. The standard InChI is InChI=1S/C71H133NO5/c1-3-5-7-9-11-13-15-17-18-19-20-21-24-27-30-33-36-40-43-47-51-55-59-63-69(74)68(67-73)72-70(75)64-60-56-52-48-44-41-37-34-31-28-25-22-23-26-29-32-35-38-42-46-50-54-58-62-66-77-71(76)65-61-57-53-49-45-39-16-14-12-10-8-6-4-2/h8,10,14,16,25,28,59,63,68-69,73-74H,3-7,9,11-13,15,17-24,26-27,29-58,60-62,64-67H2,1-2H3,(H,72,75)/b10-8-,16-14-,28-25-,63-59+. The summed E-state index contributed by atoms with van der Waals surface area (Å²) in [5.41, 5.74) is 0. The monoisotopic (exact) mass is 1080 g/mol. The quantitative estimate of drug-likeness (QED) is 0.0320. The number of aliphatic hydroxyl groups is 2. The lowest BCUT2D eigenvalue weighted by molar-refractivity contribution is -0.143. The Morgan fingerprint density at radius 3 is 1.05 bits per heavy atom. The van der Waals surface area contributed by atoms with Crippen molar-refractivity contribution < 1.29 is 24.5 Å². The van der Waals surface area contributed by atoms with Gasteiger partial charge in [0.1, 0.15) is 0 Å². The van der Waals surface area contributed by atoms with Crippen LogP contribution in [-0.2, 0) is 14.3 Å². The van der Waals surface area contributed by atoms with E-state index in [1.807, 2.05) is 6.08 Å². The second kappa shape index (κ2) is 66.3. The molecule has 0 aromatic heterocycles. The van der Waals surface area contributed by atoms with Gasteiger partial charge in [-0.25, -0.2) is 0 Å². The summed E-state index contributed by atoms with van der Waals surface area (Å²) in [4.78, 5) is 24.6. The van der Waals surface area contributed by atoms with Crippen LogP contribution in [0.2, 0.25) is 0 Å². The van der Waals surface area contributed by atoms with Crippen molar-refractivity contribution in [1.29, 1.82) is 0 Å². The van der Waals surface area contributed by atoms with Crippen molar-refractivity contribution in [2.24, 2.45) is 0 Å². The third-order valence-electron chi connectivity index (χ3n) is 15.8. The minimum absolute atomic E-state index is 0.00326. The molecule has 0 saturated carbocycles. The number of ether oxygens (including phenoxy) is 1. The fourth-order valence-corrected chi connectivity index (χ4v) is 10.6. The van der Waals surface area contributed by atoms with Crippen LogP contribution in [0.25, 0.3) is 0 Å². The van der Waals surface area contributed by atoms with E-state index < -0.39 is 12.1 Å². The van der Waals surface area contributed by atoms with Gasteiger partial charge in [0.2, 0.25) is 5.91 Å². The average Bonchev–Trinajstić information content (AvgIpc) is 3.43. The van der Waals surface area contributed by atoms with Crippen LogP contribution >= 0.6 is 0 Å². The Kier molecular flexibility index (Phi) is 64.5. The Labute approximate surface area is 480 Å².